The van der Waals surface area contributed by atoms with Crippen molar-refractivity contribution < 1.29 is 19.1 Å². The van der Waals surface area contributed by atoms with Gasteiger partial charge in [-0.3, -0.25) is 14.4 Å². The van der Waals surface area contributed by atoms with E-state index in [0.717, 1.165) is 19.3 Å². The first-order valence-corrected chi connectivity index (χ1v) is 11.3. The molecular weight excluding hydrogens is 356 g/mol. The van der Waals surface area contributed by atoms with Gasteiger partial charge in [-0.15, -0.1) is 0 Å². The second-order valence-electron chi connectivity index (χ2n) is 7.69. The molecule has 0 saturated carbocycles. The fraction of sp³-hybridized carbons (Fsp3) is 0.864. The van der Waals surface area contributed by atoms with Crippen LogP contribution in [0.25, 0.3) is 0 Å². The predicted molar refractivity (Wildman–Crippen MR) is 111 cm³/mol. The molecule has 6 heteroatoms. The molecule has 0 aromatic rings. The summed E-state index contributed by atoms with van der Waals surface area (Å²) in [5.41, 5.74) is 0. The molecule has 28 heavy (non-hydrogen) atoms. The molecule has 1 atom stereocenters. The van der Waals surface area contributed by atoms with Gasteiger partial charge in [-0.05, 0) is 13.3 Å². The van der Waals surface area contributed by atoms with Crippen LogP contribution in [0.4, 0.5) is 0 Å². The summed E-state index contributed by atoms with van der Waals surface area (Å²) in [6.45, 7) is 5.16. The van der Waals surface area contributed by atoms with Crippen molar-refractivity contribution in [3.63, 3.8) is 0 Å². The maximum atomic E-state index is 12.5. The maximum absolute atomic E-state index is 12.5. The first-order valence-electron chi connectivity index (χ1n) is 11.3. The maximum Gasteiger partial charge on any atom is 0.308 e. The van der Waals surface area contributed by atoms with Crippen LogP contribution in [-0.4, -0.2) is 48.4 Å². The molecule has 6 nitrogen and oxygen atoms in total. The van der Waals surface area contributed by atoms with Crippen molar-refractivity contribution >= 4 is 17.8 Å². The Hall–Kier alpha value is -1.59. The topological polar surface area (TPSA) is 75.7 Å². The Morgan fingerprint density at radius 2 is 1.54 bits per heavy atom. The van der Waals surface area contributed by atoms with Gasteiger partial charge in [-0.2, -0.15) is 0 Å². The van der Waals surface area contributed by atoms with Gasteiger partial charge in [-0.1, -0.05) is 71.1 Å². The van der Waals surface area contributed by atoms with Crippen molar-refractivity contribution in [2.24, 2.45) is 0 Å². The van der Waals surface area contributed by atoms with Crippen LogP contribution in [0.3, 0.4) is 0 Å². The Kier molecular flexibility index (Phi) is 13.4. The van der Waals surface area contributed by atoms with Gasteiger partial charge in [0.1, 0.15) is 6.04 Å². The van der Waals surface area contributed by atoms with E-state index in [1.807, 2.05) is 0 Å². The van der Waals surface area contributed by atoms with Crippen molar-refractivity contribution in [1.29, 1.82) is 0 Å². The molecule has 1 fully saturated rings. The standard InChI is InChI=1S/C22H40N2O4/c1-3-5-6-7-8-9-10-11-12-13-14-15-20(25)24-17-16-23-22(27)19(24)18-21(26)28-4-2/h19H,3-18H2,1-2H3,(H,23,27). The van der Waals surface area contributed by atoms with Crippen LogP contribution in [0.5, 0.6) is 0 Å². The molecule has 0 aliphatic carbocycles. The number of nitrogens with one attached hydrogen (secondary N) is 1. The number of esters is 1. The summed E-state index contributed by atoms with van der Waals surface area (Å²) in [7, 11) is 0. The number of piperazine rings is 1. The largest absolute Gasteiger partial charge is 0.466 e. The monoisotopic (exact) mass is 396 g/mol. The van der Waals surface area contributed by atoms with Gasteiger partial charge in [0.05, 0.1) is 13.0 Å². The number of carbonyl (C=O) groups is 3. The first-order chi connectivity index (χ1) is 13.6. The fourth-order valence-electron chi connectivity index (χ4n) is 3.68. The number of hydrogen-bond acceptors (Lipinski definition) is 4. The van der Waals surface area contributed by atoms with E-state index < -0.39 is 12.0 Å². The molecule has 0 aromatic heterocycles. The van der Waals surface area contributed by atoms with Crippen molar-refractivity contribution in [2.75, 3.05) is 19.7 Å². The Morgan fingerprint density at radius 3 is 2.11 bits per heavy atom. The number of rotatable bonds is 15. The minimum absolute atomic E-state index is 0.0277. The zero-order valence-electron chi connectivity index (χ0n) is 18.0. The SMILES string of the molecule is CCCCCCCCCCCCCC(=O)N1CCNC(=O)C1CC(=O)OCC. The minimum atomic E-state index is -0.729. The smallest absolute Gasteiger partial charge is 0.308 e. The van der Waals surface area contributed by atoms with E-state index in [-0.39, 0.29) is 24.8 Å². The molecule has 1 saturated heterocycles. The summed E-state index contributed by atoms with van der Waals surface area (Å²) in [6, 6.07) is -0.729. The first kappa shape index (κ1) is 24.4. The second-order valence-corrected chi connectivity index (χ2v) is 7.69. The van der Waals surface area contributed by atoms with Gasteiger partial charge in [0.25, 0.3) is 0 Å². The van der Waals surface area contributed by atoms with Crippen LogP contribution in [0.1, 0.15) is 97.3 Å². The van der Waals surface area contributed by atoms with Crippen molar-refractivity contribution in [3.8, 4) is 0 Å². The summed E-state index contributed by atoms with van der Waals surface area (Å²) in [6.07, 6.45) is 14.0. The molecule has 1 rings (SSSR count). The van der Waals surface area contributed by atoms with E-state index in [4.69, 9.17) is 4.74 Å². The van der Waals surface area contributed by atoms with Gasteiger partial charge in [-0.25, -0.2) is 0 Å². The van der Waals surface area contributed by atoms with Gasteiger partial charge in [0.2, 0.25) is 11.8 Å². The van der Waals surface area contributed by atoms with E-state index >= 15 is 0 Å². The molecule has 0 radical (unpaired) electrons. The van der Waals surface area contributed by atoms with Gasteiger partial charge in [0, 0.05) is 19.5 Å². The number of nitrogens with zero attached hydrogens (tertiary/aromatic N) is 1. The molecule has 1 aliphatic rings. The normalized spacial score (nSPS) is 16.7. The van der Waals surface area contributed by atoms with Gasteiger partial charge in [0.15, 0.2) is 0 Å². The molecule has 0 bridgehead atoms. The molecule has 1 N–H and O–H groups in total. The fourth-order valence-corrected chi connectivity index (χ4v) is 3.68. The molecule has 162 valence electrons. The third kappa shape index (κ3) is 10.1. The number of hydrogen-bond donors (Lipinski definition) is 1. The summed E-state index contributed by atoms with van der Waals surface area (Å²) in [4.78, 5) is 37.9. The van der Waals surface area contributed by atoms with E-state index in [0.29, 0.717) is 19.5 Å². The van der Waals surface area contributed by atoms with Crippen LogP contribution in [0.2, 0.25) is 0 Å². The van der Waals surface area contributed by atoms with Gasteiger partial charge < -0.3 is 15.0 Å². The zero-order valence-corrected chi connectivity index (χ0v) is 18.0. The molecule has 1 heterocycles. The quantitative estimate of drug-likeness (QED) is 0.336. The Bertz CT molecular complexity index is 467. The van der Waals surface area contributed by atoms with Crippen molar-refractivity contribution in [1.82, 2.24) is 10.2 Å². The molecule has 0 aromatic carbocycles. The molecule has 1 aliphatic heterocycles. The number of unbranched alkanes of at least 4 members (excludes halogenated alkanes) is 10. The van der Waals surface area contributed by atoms with Crippen LogP contribution in [0.15, 0.2) is 0 Å². The van der Waals surface area contributed by atoms with Crippen molar-refractivity contribution in [3.05, 3.63) is 0 Å². The van der Waals surface area contributed by atoms with Gasteiger partial charge >= 0.3 is 5.97 Å². The lowest BCUT2D eigenvalue weighted by Gasteiger charge is -2.34. The minimum Gasteiger partial charge on any atom is -0.466 e. The summed E-state index contributed by atoms with van der Waals surface area (Å²) < 4.78 is 4.94. The lowest BCUT2D eigenvalue weighted by molar-refractivity contribution is -0.151. The highest BCUT2D eigenvalue weighted by Crippen LogP contribution is 2.15. The Labute approximate surface area is 170 Å². The Balaban J connectivity index is 2.18. The second kappa shape index (κ2) is 15.3. The van der Waals surface area contributed by atoms with E-state index in [9.17, 15) is 14.4 Å². The number of amides is 2. The number of ether oxygens (including phenoxy) is 1. The zero-order chi connectivity index (χ0) is 20.6. The highest BCUT2D eigenvalue weighted by Gasteiger charge is 2.34. The average Bonchev–Trinajstić information content (AvgIpc) is 2.67. The van der Waals surface area contributed by atoms with Crippen LogP contribution in [-0.2, 0) is 19.1 Å². The van der Waals surface area contributed by atoms with Crippen LogP contribution >= 0.6 is 0 Å². The molecular formula is C22H40N2O4. The summed E-state index contributed by atoms with van der Waals surface area (Å²) >= 11 is 0. The molecule has 0 spiro atoms. The van der Waals surface area contributed by atoms with E-state index in [1.165, 1.54) is 51.4 Å². The van der Waals surface area contributed by atoms with Crippen LogP contribution < -0.4 is 5.32 Å². The lowest BCUT2D eigenvalue weighted by atomic mass is 10.0. The molecule has 2 amide bonds. The third-order valence-corrected chi connectivity index (χ3v) is 5.31. The average molecular weight is 397 g/mol. The third-order valence-electron chi connectivity index (χ3n) is 5.31. The highest BCUT2D eigenvalue weighted by atomic mass is 16.5. The van der Waals surface area contributed by atoms with Crippen molar-refractivity contribution in [2.45, 2.75) is 103 Å². The highest BCUT2D eigenvalue weighted by molar-refractivity contribution is 5.91. The van der Waals surface area contributed by atoms with E-state index in [2.05, 4.69) is 12.2 Å². The summed E-state index contributed by atoms with van der Waals surface area (Å²) in [5.74, 6) is -0.719. The Morgan fingerprint density at radius 1 is 0.964 bits per heavy atom. The summed E-state index contributed by atoms with van der Waals surface area (Å²) in [5, 5.41) is 2.74. The van der Waals surface area contributed by atoms with E-state index in [1.54, 1.807) is 11.8 Å². The lowest BCUT2D eigenvalue weighted by Crippen LogP contribution is -2.57. The molecule has 1 unspecified atom stereocenters. The van der Waals surface area contributed by atoms with Crippen LogP contribution in [0, 0.1) is 0 Å². The predicted octanol–water partition coefficient (Wildman–Crippen LogP) is 3.97. The number of carbonyl (C=O) groups excluding carboxylic acids is 3.